The fraction of sp³-hybridized carbons (Fsp3) is 0.333. The topological polar surface area (TPSA) is 41.5 Å². The average molecular weight is 246 g/mol. The highest BCUT2D eigenvalue weighted by atomic mass is 79.9. The summed E-state index contributed by atoms with van der Waals surface area (Å²) in [4.78, 5) is 0. The zero-order valence-electron chi connectivity index (χ0n) is 7.60. The first-order valence-electron chi connectivity index (χ1n) is 3.89. The first kappa shape index (κ1) is 10.5. The molecule has 0 saturated heterocycles. The Morgan fingerprint density at radius 1 is 1.54 bits per heavy atom. The molecule has 0 heterocycles. The molecule has 0 aliphatic heterocycles. The molecule has 3 nitrogen and oxygen atoms in total. The highest BCUT2D eigenvalue weighted by Gasteiger charge is 2.05. The fourth-order valence-corrected chi connectivity index (χ4v) is 2.02. The molecule has 1 aromatic rings. The van der Waals surface area contributed by atoms with Gasteiger partial charge in [-0.1, -0.05) is 6.07 Å². The van der Waals surface area contributed by atoms with E-state index < -0.39 is 0 Å². The SMILES string of the molecule is COc1c(C)cc(CNO)cc1Br. The molecule has 2 N–H and O–H groups in total. The molecular formula is C9H12BrNO2. The number of methoxy groups -OCH3 is 1. The lowest BCUT2D eigenvalue weighted by Crippen LogP contribution is -2.06. The minimum absolute atomic E-state index is 0.434. The Bertz CT molecular complexity index is 279. The molecule has 1 rings (SSSR count). The van der Waals surface area contributed by atoms with E-state index in [2.05, 4.69) is 21.4 Å². The van der Waals surface area contributed by atoms with Crippen molar-refractivity contribution in [2.75, 3.05) is 7.11 Å². The second-order valence-corrected chi connectivity index (χ2v) is 3.62. The number of hydroxylamine groups is 1. The number of halogens is 1. The number of benzene rings is 1. The van der Waals surface area contributed by atoms with Gasteiger partial charge in [-0.15, -0.1) is 0 Å². The van der Waals surface area contributed by atoms with Gasteiger partial charge in [0.05, 0.1) is 11.6 Å². The predicted octanol–water partition coefficient (Wildman–Crippen LogP) is 2.24. The summed E-state index contributed by atoms with van der Waals surface area (Å²) in [6.07, 6.45) is 0. The van der Waals surface area contributed by atoms with Gasteiger partial charge in [0.2, 0.25) is 0 Å². The molecule has 0 spiro atoms. The highest BCUT2D eigenvalue weighted by molar-refractivity contribution is 9.10. The van der Waals surface area contributed by atoms with E-state index in [9.17, 15) is 0 Å². The molecule has 1 aromatic carbocycles. The molecule has 0 unspecified atom stereocenters. The van der Waals surface area contributed by atoms with Crippen LogP contribution in [0.3, 0.4) is 0 Å². The minimum Gasteiger partial charge on any atom is -0.495 e. The van der Waals surface area contributed by atoms with Crippen LogP contribution in [-0.2, 0) is 6.54 Å². The van der Waals surface area contributed by atoms with E-state index in [4.69, 9.17) is 9.94 Å². The van der Waals surface area contributed by atoms with Gasteiger partial charge in [-0.2, -0.15) is 0 Å². The minimum atomic E-state index is 0.434. The molecule has 13 heavy (non-hydrogen) atoms. The first-order chi connectivity index (χ1) is 6.19. The second-order valence-electron chi connectivity index (χ2n) is 2.76. The molecular weight excluding hydrogens is 234 g/mol. The summed E-state index contributed by atoms with van der Waals surface area (Å²) in [6.45, 7) is 2.40. The summed E-state index contributed by atoms with van der Waals surface area (Å²) in [5.41, 5.74) is 4.16. The largest absolute Gasteiger partial charge is 0.495 e. The van der Waals surface area contributed by atoms with Gasteiger partial charge in [-0.3, -0.25) is 0 Å². The Kier molecular flexibility index (Phi) is 3.71. The van der Waals surface area contributed by atoms with Crippen LogP contribution < -0.4 is 10.2 Å². The zero-order valence-corrected chi connectivity index (χ0v) is 9.18. The Morgan fingerprint density at radius 2 is 2.23 bits per heavy atom. The van der Waals surface area contributed by atoms with Crippen molar-refractivity contribution in [1.82, 2.24) is 5.48 Å². The number of hydrogen-bond acceptors (Lipinski definition) is 3. The van der Waals surface area contributed by atoms with Crippen molar-refractivity contribution in [3.63, 3.8) is 0 Å². The zero-order chi connectivity index (χ0) is 9.84. The summed E-state index contributed by atoms with van der Waals surface area (Å²) in [5, 5.41) is 8.53. The van der Waals surface area contributed by atoms with Crippen LogP contribution >= 0.6 is 15.9 Å². The van der Waals surface area contributed by atoms with Crippen molar-refractivity contribution in [1.29, 1.82) is 0 Å². The highest BCUT2D eigenvalue weighted by Crippen LogP contribution is 2.29. The fourth-order valence-electron chi connectivity index (χ4n) is 1.25. The Labute approximate surface area is 85.8 Å². The summed E-state index contributed by atoms with van der Waals surface area (Å²) in [7, 11) is 1.64. The van der Waals surface area contributed by atoms with Crippen LogP contribution in [0.25, 0.3) is 0 Å². The van der Waals surface area contributed by atoms with Crippen LogP contribution in [-0.4, -0.2) is 12.3 Å². The molecule has 0 fully saturated rings. The van der Waals surface area contributed by atoms with Crippen LogP contribution in [0.4, 0.5) is 0 Å². The van der Waals surface area contributed by atoms with E-state index in [1.165, 1.54) is 0 Å². The lowest BCUT2D eigenvalue weighted by atomic mass is 10.1. The molecule has 0 atom stereocenters. The standard InChI is InChI=1S/C9H12BrNO2/c1-6-3-7(5-11-12)4-8(10)9(6)13-2/h3-4,11-12H,5H2,1-2H3. The van der Waals surface area contributed by atoms with Gasteiger partial charge < -0.3 is 9.94 Å². The van der Waals surface area contributed by atoms with E-state index in [0.717, 1.165) is 21.3 Å². The monoisotopic (exact) mass is 245 g/mol. The average Bonchev–Trinajstić information content (AvgIpc) is 2.04. The molecule has 0 aliphatic rings. The Morgan fingerprint density at radius 3 is 2.69 bits per heavy atom. The van der Waals surface area contributed by atoms with E-state index in [1.807, 2.05) is 19.1 Å². The van der Waals surface area contributed by atoms with Crippen molar-refractivity contribution in [2.24, 2.45) is 0 Å². The lowest BCUT2D eigenvalue weighted by molar-refractivity contribution is 0.161. The lowest BCUT2D eigenvalue weighted by Gasteiger charge is -2.09. The van der Waals surface area contributed by atoms with Gasteiger partial charge >= 0.3 is 0 Å². The molecule has 0 radical (unpaired) electrons. The first-order valence-corrected chi connectivity index (χ1v) is 4.68. The Balaban J connectivity index is 3.05. The summed E-state index contributed by atoms with van der Waals surface area (Å²) < 4.78 is 6.08. The third-order valence-electron chi connectivity index (χ3n) is 1.78. The van der Waals surface area contributed by atoms with Crippen LogP contribution in [0.1, 0.15) is 11.1 Å². The van der Waals surface area contributed by atoms with Crippen molar-refractivity contribution in [3.8, 4) is 5.75 Å². The molecule has 0 aromatic heterocycles. The molecule has 0 bridgehead atoms. The van der Waals surface area contributed by atoms with Crippen molar-refractivity contribution in [2.45, 2.75) is 13.5 Å². The van der Waals surface area contributed by atoms with Crippen molar-refractivity contribution >= 4 is 15.9 Å². The van der Waals surface area contributed by atoms with Gasteiger partial charge in [0.1, 0.15) is 5.75 Å². The van der Waals surface area contributed by atoms with Gasteiger partial charge in [0.15, 0.2) is 0 Å². The molecule has 0 aliphatic carbocycles. The van der Waals surface area contributed by atoms with Crippen molar-refractivity contribution < 1.29 is 9.94 Å². The third kappa shape index (κ3) is 2.43. The number of hydrogen-bond donors (Lipinski definition) is 2. The van der Waals surface area contributed by atoms with E-state index in [1.54, 1.807) is 7.11 Å². The van der Waals surface area contributed by atoms with E-state index in [-0.39, 0.29) is 0 Å². The number of aryl methyl sites for hydroxylation is 1. The third-order valence-corrected chi connectivity index (χ3v) is 2.37. The summed E-state index contributed by atoms with van der Waals surface area (Å²) in [6, 6.07) is 3.88. The number of rotatable bonds is 3. The van der Waals surface area contributed by atoms with E-state index in [0.29, 0.717) is 6.54 Å². The summed E-state index contributed by atoms with van der Waals surface area (Å²) in [5.74, 6) is 0.835. The van der Waals surface area contributed by atoms with Crippen LogP contribution in [0.5, 0.6) is 5.75 Å². The van der Waals surface area contributed by atoms with Crippen LogP contribution in [0.15, 0.2) is 16.6 Å². The van der Waals surface area contributed by atoms with Crippen LogP contribution in [0.2, 0.25) is 0 Å². The molecule has 0 amide bonds. The van der Waals surface area contributed by atoms with E-state index >= 15 is 0 Å². The van der Waals surface area contributed by atoms with Gasteiger partial charge in [0.25, 0.3) is 0 Å². The number of nitrogens with one attached hydrogen (secondary N) is 1. The van der Waals surface area contributed by atoms with Gasteiger partial charge in [0, 0.05) is 6.54 Å². The van der Waals surface area contributed by atoms with Crippen LogP contribution in [0, 0.1) is 6.92 Å². The smallest absolute Gasteiger partial charge is 0.135 e. The predicted molar refractivity (Wildman–Crippen MR) is 54.1 cm³/mol. The molecule has 0 saturated carbocycles. The summed E-state index contributed by atoms with van der Waals surface area (Å²) >= 11 is 3.39. The maximum atomic E-state index is 8.53. The Hall–Kier alpha value is -0.580. The maximum Gasteiger partial charge on any atom is 0.135 e. The number of ether oxygens (including phenoxy) is 1. The normalized spacial score (nSPS) is 10.2. The second kappa shape index (κ2) is 4.60. The quantitative estimate of drug-likeness (QED) is 0.803. The van der Waals surface area contributed by atoms with Crippen molar-refractivity contribution in [3.05, 3.63) is 27.7 Å². The molecule has 4 heteroatoms. The van der Waals surface area contributed by atoms with Gasteiger partial charge in [-0.25, -0.2) is 5.48 Å². The molecule has 72 valence electrons. The maximum absolute atomic E-state index is 8.53. The van der Waals surface area contributed by atoms with Gasteiger partial charge in [-0.05, 0) is 40.0 Å².